The summed E-state index contributed by atoms with van der Waals surface area (Å²) in [6, 6.07) is 0.278. The predicted octanol–water partition coefficient (Wildman–Crippen LogP) is 2.25. The van der Waals surface area contributed by atoms with E-state index >= 15 is 0 Å². The summed E-state index contributed by atoms with van der Waals surface area (Å²) in [7, 11) is -1.05. The number of hydrogen-bond donors (Lipinski definition) is 3. The third-order valence-electron chi connectivity index (χ3n) is 3.66. The maximum absolute atomic E-state index is 12.0. The lowest BCUT2D eigenvalue weighted by atomic mass is 9.82. The second-order valence-electron chi connectivity index (χ2n) is 6.35. The minimum atomic E-state index is -1.05. The van der Waals surface area contributed by atoms with Crippen molar-refractivity contribution in [3.63, 3.8) is 0 Å². The van der Waals surface area contributed by atoms with Gasteiger partial charge in [-0.25, -0.2) is 13.7 Å². The third kappa shape index (κ3) is 5.48. The Morgan fingerprint density at radius 1 is 1.26 bits per heavy atom. The van der Waals surface area contributed by atoms with Crippen molar-refractivity contribution in [2.75, 3.05) is 0 Å². The second-order valence-corrected chi connectivity index (χ2v) is 8.35. The zero-order valence-electron chi connectivity index (χ0n) is 12.2. The Hall–Kier alpha value is -0.620. The van der Waals surface area contributed by atoms with Gasteiger partial charge in [0.05, 0.1) is 15.7 Å². The number of amides is 1. The summed E-state index contributed by atoms with van der Waals surface area (Å²) in [6.07, 6.45) is 2.74. The third-order valence-corrected chi connectivity index (χ3v) is 5.35. The average molecular weight is 290 g/mol. The van der Waals surface area contributed by atoms with E-state index in [4.69, 9.17) is 5.11 Å². The summed E-state index contributed by atoms with van der Waals surface area (Å²) in [5, 5.41) is 11.2. The summed E-state index contributed by atoms with van der Waals surface area (Å²) in [6.45, 7) is 7.93. The largest absolute Gasteiger partial charge is 0.465 e. The lowest BCUT2D eigenvalue weighted by Crippen LogP contribution is -2.44. The zero-order chi connectivity index (χ0) is 14.6. The average Bonchev–Trinajstić information content (AvgIpc) is 2.27. The van der Waals surface area contributed by atoms with E-state index in [1.165, 1.54) is 0 Å². The van der Waals surface area contributed by atoms with Gasteiger partial charge in [0.15, 0.2) is 0 Å². The van der Waals surface area contributed by atoms with Crippen LogP contribution in [0.1, 0.15) is 53.4 Å². The van der Waals surface area contributed by atoms with E-state index in [0.29, 0.717) is 5.92 Å². The molecule has 0 heterocycles. The summed E-state index contributed by atoms with van der Waals surface area (Å²) in [5.41, 5.74) is 0. The Bertz CT molecular complexity index is 333. The summed E-state index contributed by atoms with van der Waals surface area (Å²) < 4.78 is 15.0. The van der Waals surface area contributed by atoms with Crippen molar-refractivity contribution in [3.8, 4) is 0 Å². The van der Waals surface area contributed by atoms with Crippen molar-refractivity contribution >= 4 is 17.1 Å². The molecule has 1 amide bonds. The Morgan fingerprint density at radius 2 is 1.79 bits per heavy atom. The number of rotatable bonds is 4. The first-order valence-electron chi connectivity index (χ1n) is 6.87. The van der Waals surface area contributed by atoms with E-state index in [0.717, 1.165) is 25.7 Å². The first-order chi connectivity index (χ1) is 8.70. The molecule has 19 heavy (non-hydrogen) atoms. The quantitative estimate of drug-likeness (QED) is 0.743. The SMILES string of the molecule is C[C@H](NS(=O)C(C)(C)C)C1CCC(NC(=O)O)CC1. The van der Waals surface area contributed by atoms with E-state index in [9.17, 15) is 9.00 Å². The van der Waals surface area contributed by atoms with Crippen LogP contribution in [0.2, 0.25) is 0 Å². The highest BCUT2D eigenvalue weighted by Crippen LogP contribution is 2.27. The van der Waals surface area contributed by atoms with Crippen LogP contribution >= 0.6 is 0 Å². The molecule has 3 N–H and O–H groups in total. The molecule has 1 saturated carbocycles. The molecule has 0 aliphatic heterocycles. The van der Waals surface area contributed by atoms with Crippen LogP contribution in [0.5, 0.6) is 0 Å². The molecule has 1 aliphatic rings. The minimum Gasteiger partial charge on any atom is -0.465 e. The van der Waals surface area contributed by atoms with E-state index in [1.54, 1.807) is 0 Å². The second kappa shape index (κ2) is 6.70. The van der Waals surface area contributed by atoms with Gasteiger partial charge in [-0.3, -0.25) is 0 Å². The molecular weight excluding hydrogens is 264 g/mol. The highest BCUT2D eigenvalue weighted by molar-refractivity contribution is 7.84. The molecule has 0 radical (unpaired) electrons. The topological polar surface area (TPSA) is 78.4 Å². The fourth-order valence-corrected chi connectivity index (χ4v) is 3.26. The van der Waals surface area contributed by atoms with Gasteiger partial charge >= 0.3 is 6.09 Å². The van der Waals surface area contributed by atoms with E-state index < -0.39 is 17.1 Å². The maximum atomic E-state index is 12.0. The van der Waals surface area contributed by atoms with Crippen LogP contribution in [0.25, 0.3) is 0 Å². The molecule has 0 aromatic carbocycles. The fourth-order valence-electron chi connectivity index (χ4n) is 2.38. The van der Waals surface area contributed by atoms with Gasteiger partial charge in [-0.15, -0.1) is 0 Å². The van der Waals surface area contributed by atoms with Crippen LogP contribution in [0, 0.1) is 5.92 Å². The van der Waals surface area contributed by atoms with Gasteiger partial charge in [0.2, 0.25) is 0 Å². The van der Waals surface area contributed by atoms with Crippen LogP contribution < -0.4 is 10.0 Å². The first-order valence-corrected chi connectivity index (χ1v) is 8.02. The molecule has 5 nitrogen and oxygen atoms in total. The molecule has 2 atom stereocenters. The molecule has 0 aromatic rings. The smallest absolute Gasteiger partial charge is 0.404 e. The predicted molar refractivity (Wildman–Crippen MR) is 77.4 cm³/mol. The van der Waals surface area contributed by atoms with Crippen LogP contribution in [0.15, 0.2) is 0 Å². The standard InChI is InChI=1S/C13H26N2O3S/c1-9(15-19(18)13(2,3)4)10-5-7-11(8-6-10)14-12(16)17/h9-11,14-15H,5-8H2,1-4H3,(H,16,17)/t9-,10?,11?,19?/m0/s1. The molecule has 6 heteroatoms. The van der Waals surface area contributed by atoms with Gasteiger partial charge in [0.1, 0.15) is 0 Å². The van der Waals surface area contributed by atoms with Gasteiger partial charge in [-0.2, -0.15) is 0 Å². The molecule has 0 bridgehead atoms. The Morgan fingerprint density at radius 3 is 2.21 bits per heavy atom. The molecule has 0 aromatic heterocycles. The summed E-state index contributed by atoms with van der Waals surface area (Å²) in [4.78, 5) is 10.6. The fraction of sp³-hybridized carbons (Fsp3) is 0.923. The molecule has 0 spiro atoms. The Kier molecular flexibility index (Phi) is 5.80. The summed E-state index contributed by atoms with van der Waals surface area (Å²) >= 11 is 0. The minimum absolute atomic E-state index is 0.0778. The molecule has 1 fully saturated rings. The normalized spacial score (nSPS) is 27.6. The van der Waals surface area contributed by atoms with Crippen molar-refractivity contribution in [1.82, 2.24) is 10.0 Å². The van der Waals surface area contributed by atoms with Crippen LogP contribution in [0.3, 0.4) is 0 Å². The summed E-state index contributed by atoms with van der Waals surface area (Å²) in [5.74, 6) is 0.471. The van der Waals surface area contributed by atoms with Crippen LogP contribution in [-0.4, -0.2) is 32.2 Å². The van der Waals surface area contributed by atoms with Crippen molar-refractivity contribution in [2.45, 2.75) is 70.2 Å². The highest BCUT2D eigenvalue weighted by Gasteiger charge is 2.29. The number of nitrogens with one attached hydrogen (secondary N) is 2. The first kappa shape index (κ1) is 16.4. The van der Waals surface area contributed by atoms with Gasteiger partial charge in [0, 0.05) is 12.1 Å². The highest BCUT2D eigenvalue weighted by atomic mass is 32.2. The van der Waals surface area contributed by atoms with Gasteiger partial charge in [0.25, 0.3) is 0 Å². The maximum Gasteiger partial charge on any atom is 0.404 e. The lowest BCUT2D eigenvalue weighted by Gasteiger charge is -2.33. The van der Waals surface area contributed by atoms with Crippen LogP contribution in [0.4, 0.5) is 4.79 Å². The molecule has 1 unspecified atom stereocenters. The zero-order valence-corrected chi connectivity index (χ0v) is 13.0. The molecule has 0 saturated heterocycles. The van der Waals surface area contributed by atoms with Crippen molar-refractivity contribution in [1.29, 1.82) is 0 Å². The number of carboxylic acid groups (broad SMARTS) is 1. The van der Waals surface area contributed by atoms with Gasteiger partial charge < -0.3 is 10.4 Å². The van der Waals surface area contributed by atoms with E-state index in [1.807, 2.05) is 20.8 Å². The van der Waals surface area contributed by atoms with Crippen LogP contribution in [-0.2, 0) is 11.0 Å². The van der Waals surface area contributed by atoms with Crippen molar-refractivity contribution in [2.24, 2.45) is 5.92 Å². The molecule has 1 rings (SSSR count). The van der Waals surface area contributed by atoms with Crippen molar-refractivity contribution in [3.05, 3.63) is 0 Å². The monoisotopic (exact) mass is 290 g/mol. The lowest BCUT2D eigenvalue weighted by molar-refractivity contribution is 0.180. The number of carbonyl (C=O) groups is 1. The van der Waals surface area contributed by atoms with Gasteiger partial charge in [-0.05, 0) is 59.3 Å². The molecule has 1 aliphatic carbocycles. The molecular formula is C13H26N2O3S. The Labute approximate surface area is 118 Å². The van der Waals surface area contributed by atoms with Gasteiger partial charge in [-0.1, -0.05) is 0 Å². The van der Waals surface area contributed by atoms with E-state index in [-0.39, 0.29) is 16.8 Å². The molecule has 112 valence electrons. The van der Waals surface area contributed by atoms with Crippen molar-refractivity contribution < 1.29 is 14.1 Å². The van der Waals surface area contributed by atoms with E-state index in [2.05, 4.69) is 17.0 Å². The Balaban J connectivity index is 2.39. The number of hydrogen-bond acceptors (Lipinski definition) is 2.